The van der Waals surface area contributed by atoms with Gasteiger partial charge in [-0.1, -0.05) is 18.2 Å². The standard InChI is InChI=1S/C15H19N3O.ClH/c1-18(11-6-7-11)15(19)13(16)8-10-9-17-14-5-3-2-4-12(10)14;/h2-5,9,11,13,17H,6-8,16H2,1H3;1H/t13-;/m0./s1. The highest BCUT2D eigenvalue weighted by atomic mass is 35.5. The first-order valence-corrected chi connectivity index (χ1v) is 6.74. The Kier molecular flexibility index (Phi) is 4.35. The number of hydrogen-bond donors (Lipinski definition) is 2. The van der Waals surface area contributed by atoms with Crippen LogP contribution < -0.4 is 5.73 Å². The summed E-state index contributed by atoms with van der Waals surface area (Å²) >= 11 is 0. The summed E-state index contributed by atoms with van der Waals surface area (Å²) in [7, 11) is 1.86. The molecule has 2 aromatic rings. The number of para-hydroxylation sites is 1. The molecule has 3 N–H and O–H groups in total. The Hall–Kier alpha value is -1.52. The Morgan fingerprint density at radius 1 is 1.45 bits per heavy atom. The predicted molar refractivity (Wildman–Crippen MR) is 83.0 cm³/mol. The normalized spacial score (nSPS) is 15.7. The van der Waals surface area contributed by atoms with Gasteiger partial charge in [0.25, 0.3) is 0 Å². The Labute approximate surface area is 124 Å². The van der Waals surface area contributed by atoms with E-state index in [-0.39, 0.29) is 18.3 Å². The lowest BCUT2D eigenvalue weighted by Crippen LogP contribution is -2.43. The zero-order valence-corrected chi connectivity index (χ0v) is 12.3. The van der Waals surface area contributed by atoms with Gasteiger partial charge in [-0.05, 0) is 30.9 Å². The summed E-state index contributed by atoms with van der Waals surface area (Å²) in [5.41, 5.74) is 8.26. The molecular weight excluding hydrogens is 274 g/mol. The average molecular weight is 294 g/mol. The fourth-order valence-corrected chi connectivity index (χ4v) is 2.53. The van der Waals surface area contributed by atoms with Crippen LogP contribution >= 0.6 is 12.4 Å². The third-order valence-electron chi connectivity index (χ3n) is 3.87. The van der Waals surface area contributed by atoms with E-state index in [1.165, 1.54) is 0 Å². The van der Waals surface area contributed by atoms with Crippen molar-refractivity contribution in [3.05, 3.63) is 36.0 Å². The maximum Gasteiger partial charge on any atom is 0.239 e. The number of H-pyrrole nitrogens is 1. The van der Waals surface area contributed by atoms with Crippen LogP contribution in [0.2, 0.25) is 0 Å². The van der Waals surface area contributed by atoms with Crippen molar-refractivity contribution < 1.29 is 4.79 Å². The van der Waals surface area contributed by atoms with Crippen LogP contribution in [0.1, 0.15) is 18.4 Å². The number of likely N-dealkylation sites (N-methyl/N-ethyl adjacent to an activating group) is 1. The molecule has 1 atom stereocenters. The number of rotatable bonds is 4. The fourth-order valence-electron chi connectivity index (χ4n) is 2.53. The molecule has 1 aliphatic carbocycles. The summed E-state index contributed by atoms with van der Waals surface area (Å²) in [6.45, 7) is 0. The lowest BCUT2D eigenvalue weighted by molar-refractivity contribution is -0.131. The zero-order chi connectivity index (χ0) is 13.4. The molecule has 0 radical (unpaired) electrons. The lowest BCUT2D eigenvalue weighted by atomic mass is 10.0. The van der Waals surface area contributed by atoms with E-state index in [1.54, 1.807) is 4.90 Å². The van der Waals surface area contributed by atoms with Crippen LogP contribution in [0.4, 0.5) is 0 Å². The second-order valence-corrected chi connectivity index (χ2v) is 5.35. The van der Waals surface area contributed by atoms with Crippen LogP contribution in [0.5, 0.6) is 0 Å². The van der Waals surface area contributed by atoms with Crippen molar-refractivity contribution in [3.8, 4) is 0 Å². The molecule has 108 valence electrons. The first-order chi connectivity index (χ1) is 9.16. The number of fused-ring (bicyclic) bond motifs is 1. The van der Waals surface area contributed by atoms with Crippen LogP contribution in [-0.4, -0.2) is 34.9 Å². The Morgan fingerprint density at radius 2 is 2.15 bits per heavy atom. The molecule has 1 aliphatic rings. The van der Waals surface area contributed by atoms with Gasteiger partial charge in [-0.2, -0.15) is 0 Å². The highest BCUT2D eigenvalue weighted by Crippen LogP contribution is 2.26. The predicted octanol–water partition coefficient (Wildman–Crippen LogP) is 2.08. The molecule has 1 amide bonds. The number of aromatic nitrogens is 1. The van der Waals surface area contributed by atoms with E-state index in [2.05, 4.69) is 11.1 Å². The van der Waals surface area contributed by atoms with Crippen LogP contribution in [0, 0.1) is 0 Å². The Morgan fingerprint density at radius 3 is 2.85 bits per heavy atom. The summed E-state index contributed by atoms with van der Waals surface area (Å²) in [5, 5.41) is 1.15. The number of halogens is 1. The van der Waals surface area contributed by atoms with E-state index in [0.29, 0.717) is 12.5 Å². The molecule has 1 aromatic carbocycles. The topological polar surface area (TPSA) is 62.1 Å². The largest absolute Gasteiger partial charge is 0.361 e. The van der Waals surface area contributed by atoms with Gasteiger partial charge in [-0.15, -0.1) is 12.4 Å². The molecule has 1 aromatic heterocycles. The van der Waals surface area contributed by atoms with Gasteiger partial charge in [-0.3, -0.25) is 4.79 Å². The molecule has 1 fully saturated rings. The number of nitrogens with one attached hydrogen (secondary N) is 1. The van der Waals surface area contributed by atoms with Crippen molar-refractivity contribution in [2.75, 3.05) is 7.05 Å². The maximum absolute atomic E-state index is 12.2. The molecule has 0 aliphatic heterocycles. The number of benzene rings is 1. The van der Waals surface area contributed by atoms with E-state index >= 15 is 0 Å². The number of nitrogens with two attached hydrogens (primary N) is 1. The van der Waals surface area contributed by atoms with Crippen molar-refractivity contribution in [2.24, 2.45) is 5.73 Å². The second-order valence-electron chi connectivity index (χ2n) is 5.35. The van der Waals surface area contributed by atoms with Crippen LogP contribution in [0.25, 0.3) is 10.9 Å². The van der Waals surface area contributed by atoms with Gasteiger partial charge in [0, 0.05) is 30.2 Å². The quantitative estimate of drug-likeness (QED) is 0.906. The highest BCUT2D eigenvalue weighted by Gasteiger charge is 2.32. The van der Waals surface area contributed by atoms with Gasteiger partial charge in [0.15, 0.2) is 0 Å². The molecule has 0 spiro atoms. The van der Waals surface area contributed by atoms with E-state index in [1.807, 2.05) is 31.4 Å². The monoisotopic (exact) mass is 293 g/mol. The van der Waals surface area contributed by atoms with Crippen LogP contribution in [0.3, 0.4) is 0 Å². The van der Waals surface area contributed by atoms with E-state index < -0.39 is 6.04 Å². The number of nitrogens with zero attached hydrogens (tertiary/aromatic N) is 1. The van der Waals surface area contributed by atoms with Gasteiger partial charge in [0.05, 0.1) is 6.04 Å². The molecule has 20 heavy (non-hydrogen) atoms. The molecule has 5 heteroatoms. The molecule has 1 heterocycles. The molecular formula is C15H20ClN3O. The summed E-state index contributed by atoms with van der Waals surface area (Å²) in [6, 6.07) is 8.05. The maximum atomic E-state index is 12.2. The molecule has 0 unspecified atom stereocenters. The minimum absolute atomic E-state index is 0. The van der Waals surface area contributed by atoms with E-state index in [9.17, 15) is 4.79 Å². The van der Waals surface area contributed by atoms with Gasteiger partial charge in [0.1, 0.15) is 0 Å². The van der Waals surface area contributed by atoms with Crippen molar-refractivity contribution in [1.82, 2.24) is 9.88 Å². The van der Waals surface area contributed by atoms with Gasteiger partial charge < -0.3 is 15.6 Å². The number of hydrogen-bond acceptors (Lipinski definition) is 2. The average Bonchev–Trinajstić information content (AvgIpc) is 3.20. The molecule has 3 rings (SSSR count). The third-order valence-corrected chi connectivity index (χ3v) is 3.87. The van der Waals surface area contributed by atoms with Crippen LogP contribution in [-0.2, 0) is 11.2 Å². The molecule has 4 nitrogen and oxygen atoms in total. The van der Waals surface area contributed by atoms with Crippen molar-refractivity contribution >= 4 is 29.2 Å². The minimum Gasteiger partial charge on any atom is -0.361 e. The second kappa shape index (κ2) is 5.85. The van der Waals surface area contributed by atoms with Crippen LogP contribution in [0.15, 0.2) is 30.5 Å². The number of carbonyl (C=O) groups excluding carboxylic acids is 1. The third kappa shape index (κ3) is 2.81. The first kappa shape index (κ1) is 14.9. The highest BCUT2D eigenvalue weighted by molar-refractivity contribution is 5.86. The van der Waals surface area contributed by atoms with E-state index in [4.69, 9.17) is 5.73 Å². The van der Waals surface area contributed by atoms with Gasteiger partial charge in [0.2, 0.25) is 5.91 Å². The summed E-state index contributed by atoms with van der Waals surface area (Å²) in [5.74, 6) is 0.0489. The van der Waals surface area contributed by atoms with Gasteiger partial charge in [-0.25, -0.2) is 0 Å². The van der Waals surface area contributed by atoms with Crippen molar-refractivity contribution in [3.63, 3.8) is 0 Å². The zero-order valence-electron chi connectivity index (χ0n) is 11.5. The minimum atomic E-state index is -0.454. The summed E-state index contributed by atoms with van der Waals surface area (Å²) in [4.78, 5) is 17.2. The first-order valence-electron chi connectivity index (χ1n) is 6.74. The summed E-state index contributed by atoms with van der Waals surface area (Å²) in [6.07, 6.45) is 4.76. The smallest absolute Gasteiger partial charge is 0.239 e. The number of carbonyl (C=O) groups is 1. The lowest BCUT2D eigenvalue weighted by Gasteiger charge is -2.20. The molecule has 0 saturated heterocycles. The SMILES string of the molecule is CN(C(=O)[C@@H](N)Cc1c[nH]c2ccccc12)C1CC1.Cl. The Balaban J connectivity index is 0.00000147. The van der Waals surface area contributed by atoms with Gasteiger partial charge >= 0.3 is 0 Å². The molecule has 1 saturated carbocycles. The Bertz CT molecular complexity index is 606. The number of aromatic amines is 1. The van der Waals surface area contributed by atoms with E-state index in [0.717, 1.165) is 29.3 Å². The van der Waals surface area contributed by atoms with Crippen molar-refractivity contribution in [1.29, 1.82) is 0 Å². The molecule has 0 bridgehead atoms. The summed E-state index contributed by atoms with van der Waals surface area (Å²) < 4.78 is 0. The number of amides is 1. The fraction of sp³-hybridized carbons (Fsp3) is 0.400. The van der Waals surface area contributed by atoms with Crippen molar-refractivity contribution in [2.45, 2.75) is 31.3 Å².